The summed E-state index contributed by atoms with van der Waals surface area (Å²) in [6.45, 7) is 1.35. The van der Waals surface area contributed by atoms with Gasteiger partial charge in [0.2, 0.25) is 5.76 Å². The molecule has 0 spiro atoms. The molecule has 0 unspecified atom stereocenters. The molecule has 0 bridgehead atoms. The number of furan rings is 1. The molecule has 134 valence electrons. The molecule has 0 atom stereocenters. The molecule has 0 radical (unpaired) electrons. The monoisotopic (exact) mass is 345 g/mol. The molecule has 1 aliphatic rings. The number of carbonyl (C=O) groups excluding carboxylic acids is 1. The summed E-state index contributed by atoms with van der Waals surface area (Å²) in [6, 6.07) is 9.79. The van der Waals surface area contributed by atoms with Crippen LogP contribution >= 0.6 is 0 Å². The lowest BCUT2D eigenvalue weighted by Crippen LogP contribution is -2.25. The molecule has 3 rings (SSSR count). The molecule has 1 heterocycles. The Morgan fingerprint density at radius 1 is 1.12 bits per heavy atom. The van der Waals surface area contributed by atoms with Crippen LogP contribution in [0.5, 0.6) is 11.5 Å². The quantitative estimate of drug-likeness (QED) is 0.685. The SMILES string of the molecule is COC(=O)c1ccc(CN(Cc2cc(OC)ccc2OC)C2CC2)o1. The molecule has 0 amide bonds. The van der Waals surface area contributed by atoms with E-state index in [1.807, 2.05) is 24.3 Å². The molecule has 0 aliphatic heterocycles. The summed E-state index contributed by atoms with van der Waals surface area (Å²) in [7, 11) is 4.67. The zero-order valence-corrected chi connectivity index (χ0v) is 14.8. The molecule has 1 aromatic carbocycles. The average molecular weight is 345 g/mol. The Hall–Kier alpha value is -2.47. The molecule has 2 aromatic rings. The smallest absolute Gasteiger partial charge is 0.373 e. The van der Waals surface area contributed by atoms with Gasteiger partial charge in [-0.2, -0.15) is 0 Å². The molecular weight excluding hydrogens is 322 g/mol. The summed E-state index contributed by atoms with van der Waals surface area (Å²) < 4.78 is 21.1. The molecule has 0 N–H and O–H groups in total. The lowest BCUT2D eigenvalue weighted by molar-refractivity contribution is 0.0560. The van der Waals surface area contributed by atoms with E-state index in [1.165, 1.54) is 7.11 Å². The van der Waals surface area contributed by atoms with Crippen molar-refractivity contribution >= 4 is 5.97 Å². The number of hydrogen-bond donors (Lipinski definition) is 0. The largest absolute Gasteiger partial charge is 0.497 e. The third kappa shape index (κ3) is 4.14. The lowest BCUT2D eigenvalue weighted by atomic mass is 10.1. The number of ether oxygens (including phenoxy) is 3. The van der Waals surface area contributed by atoms with Crippen LogP contribution in [-0.4, -0.2) is 38.2 Å². The van der Waals surface area contributed by atoms with Crippen LogP contribution in [-0.2, 0) is 17.8 Å². The minimum atomic E-state index is -0.460. The minimum Gasteiger partial charge on any atom is -0.497 e. The Labute approximate surface area is 147 Å². The van der Waals surface area contributed by atoms with E-state index in [1.54, 1.807) is 20.3 Å². The van der Waals surface area contributed by atoms with Crippen molar-refractivity contribution in [2.45, 2.75) is 32.0 Å². The Kier molecular flexibility index (Phi) is 5.28. The van der Waals surface area contributed by atoms with Gasteiger partial charge in [0.05, 0.1) is 27.9 Å². The fourth-order valence-corrected chi connectivity index (χ4v) is 2.85. The van der Waals surface area contributed by atoms with Gasteiger partial charge in [-0.25, -0.2) is 4.79 Å². The van der Waals surface area contributed by atoms with Gasteiger partial charge in [-0.1, -0.05) is 0 Å². The van der Waals surface area contributed by atoms with Gasteiger partial charge in [-0.15, -0.1) is 0 Å². The number of nitrogens with zero attached hydrogens (tertiary/aromatic N) is 1. The van der Waals surface area contributed by atoms with E-state index in [0.29, 0.717) is 12.6 Å². The maximum Gasteiger partial charge on any atom is 0.373 e. The van der Waals surface area contributed by atoms with E-state index < -0.39 is 5.97 Å². The number of rotatable bonds is 8. The highest BCUT2D eigenvalue weighted by molar-refractivity contribution is 5.86. The summed E-state index contributed by atoms with van der Waals surface area (Å²) in [5.41, 5.74) is 1.06. The standard InChI is InChI=1S/C19H23NO5/c1-22-15-6-8-17(23-2)13(10-15)11-20(14-4-5-14)12-16-7-9-18(25-16)19(21)24-3/h6-10,14H,4-5,11-12H2,1-3H3. The van der Waals surface area contributed by atoms with E-state index in [-0.39, 0.29) is 5.76 Å². The molecule has 1 aromatic heterocycles. The second-order valence-electron chi connectivity index (χ2n) is 6.07. The molecule has 1 saturated carbocycles. The van der Waals surface area contributed by atoms with Crippen molar-refractivity contribution in [2.24, 2.45) is 0 Å². The summed E-state index contributed by atoms with van der Waals surface area (Å²) in [4.78, 5) is 13.9. The Balaban J connectivity index is 1.76. The second kappa shape index (κ2) is 7.61. The molecule has 1 fully saturated rings. The van der Waals surface area contributed by atoms with Gasteiger partial charge in [-0.05, 0) is 43.2 Å². The van der Waals surface area contributed by atoms with Crippen molar-refractivity contribution < 1.29 is 23.4 Å². The first-order valence-electron chi connectivity index (χ1n) is 8.26. The van der Waals surface area contributed by atoms with Gasteiger partial charge in [0, 0.05) is 18.2 Å². The maximum absolute atomic E-state index is 11.5. The minimum absolute atomic E-state index is 0.229. The number of methoxy groups -OCH3 is 3. The number of benzene rings is 1. The number of hydrogen-bond acceptors (Lipinski definition) is 6. The first kappa shape index (κ1) is 17.4. The summed E-state index contributed by atoms with van der Waals surface area (Å²) in [5.74, 6) is 2.15. The van der Waals surface area contributed by atoms with Crippen LogP contribution < -0.4 is 9.47 Å². The van der Waals surface area contributed by atoms with Crippen LogP contribution in [0, 0.1) is 0 Å². The molecule has 0 saturated heterocycles. The zero-order valence-electron chi connectivity index (χ0n) is 14.8. The Morgan fingerprint density at radius 2 is 1.92 bits per heavy atom. The predicted molar refractivity (Wildman–Crippen MR) is 91.9 cm³/mol. The van der Waals surface area contributed by atoms with Crippen LogP contribution in [0.1, 0.15) is 34.7 Å². The second-order valence-corrected chi connectivity index (χ2v) is 6.07. The number of esters is 1. The third-order valence-electron chi connectivity index (χ3n) is 4.33. The van der Waals surface area contributed by atoms with Gasteiger partial charge >= 0.3 is 5.97 Å². The van der Waals surface area contributed by atoms with Crippen LogP contribution in [0.4, 0.5) is 0 Å². The summed E-state index contributed by atoms with van der Waals surface area (Å²) in [5, 5.41) is 0. The fourth-order valence-electron chi connectivity index (χ4n) is 2.85. The summed E-state index contributed by atoms with van der Waals surface area (Å²) >= 11 is 0. The first-order chi connectivity index (χ1) is 12.1. The van der Waals surface area contributed by atoms with Gasteiger partial charge in [0.25, 0.3) is 0 Å². The van der Waals surface area contributed by atoms with E-state index in [9.17, 15) is 4.79 Å². The average Bonchev–Trinajstić information content (AvgIpc) is 3.39. The van der Waals surface area contributed by atoms with Crippen molar-refractivity contribution in [3.05, 3.63) is 47.4 Å². The highest BCUT2D eigenvalue weighted by Crippen LogP contribution is 2.33. The Bertz CT molecular complexity index is 735. The van der Waals surface area contributed by atoms with Crippen LogP contribution in [0.2, 0.25) is 0 Å². The van der Waals surface area contributed by atoms with Crippen LogP contribution in [0.15, 0.2) is 34.7 Å². The number of carbonyl (C=O) groups is 1. The molecule has 1 aliphatic carbocycles. The van der Waals surface area contributed by atoms with E-state index in [4.69, 9.17) is 13.9 Å². The van der Waals surface area contributed by atoms with Gasteiger partial charge in [0.1, 0.15) is 17.3 Å². The third-order valence-corrected chi connectivity index (χ3v) is 4.33. The molecular formula is C19H23NO5. The van der Waals surface area contributed by atoms with Crippen molar-refractivity contribution in [3.63, 3.8) is 0 Å². The van der Waals surface area contributed by atoms with Crippen LogP contribution in [0.3, 0.4) is 0 Å². The van der Waals surface area contributed by atoms with E-state index in [0.717, 1.165) is 42.2 Å². The zero-order chi connectivity index (χ0) is 17.8. The Morgan fingerprint density at radius 3 is 2.56 bits per heavy atom. The van der Waals surface area contributed by atoms with E-state index >= 15 is 0 Å². The van der Waals surface area contributed by atoms with Crippen molar-refractivity contribution in [1.29, 1.82) is 0 Å². The van der Waals surface area contributed by atoms with Gasteiger partial charge in [0.15, 0.2) is 0 Å². The van der Waals surface area contributed by atoms with Crippen molar-refractivity contribution in [1.82, 2.24) is 4.90 Å². The lowest BCUT2D eigenvalue weighted by Gasteiger charge is -2.22. The van der Waals surface area contributed by atoms with E-state index in [2.05, 4.69) is 9.64 Å². The molecule has 6 heteroatoms. The van der Waals surface area contributed by atoms with Crippen LogP contribution in [0.25, 0.3) is 0 Å². The predicted octanol–water partition coefficient (Wildman–Crippen LogP) is 3.25. The first-order valence-corrected chi connectivity index (χ1v) is 8.26. The van der Waals surface area contributed by atoms with Gasteiger partial charge in [-0.3, -0.25) is 4.90 Å². The topological polar surface area (TPSA) is 61.1 Å². The fraction of sp³-hybridized carbons (Fsp3) is 0.421. The summed E-state index contributed by atoms with van der Waals surface area (Å²) in [6.07, 6.45) is 2.33. The van der Waals surface area contributed by atoms with Crippen molar-refractivity contribution in [2.75, 3.05) is 21.3 Å². The molecule has 25 heavy (non-hydrogen) atoms. The molecule has 6 nitrogen and oxygen atoms in total. The highest BCUT2D eigenvalue weighted by Gasteiger charge is 2.30. The van der Waals surface area contributed by atoms with Crippen molar-refractivity contribution in [3.8, 4) is 11.5 Å². The normalized spacial score (nSPS) is 13.8. The highest BCUT2D eigenvalue weighted by atomic mass is 16.5. The maximum atomic E-state index is 11.5. The van der Waals surface area contributed by atoms with Gasteiger partial charge < -0.3 is 18.6 Å².